The van der Waals surface area contributed by atoms with Gasteiger partial charge >= 0.3 is 0 Å². The molecule has 2 bridgehead atoms. The highest BCUT2D eigenvalue weighted by atomic mass is 16.5. The van der Waals surface area contributed by atoms with Crippen LogP contribution in [-0.2, 0) is 0 Å². The average molecular weight is 474 g/mol. The molecule has 0 spiro atoms. The molecule has 2 aliphatic heterocycles. The molecule has 2 aromatic rings. The van der Waals surface area contributed by atoms with Gasteiger partial charge < -0.3 is 10.1 Å². The number of rotatable bonds is 8. The molecule has 1 saturated carbocycles. The van der Waals surface area contributed by atoms with Gasteiger partial charge in [-0.1, -0.05) is 49.6 Å². The number of hydrogen-bond donors (Lipinski definition) is 1. The Hall–Kier alpha value is -2.63. The first-order valence-electron chi connectivity index (χ1n) is 13.3. The molecule has 1 amide bonds. The molecular weight excluding hydrogens is 434 g/mol. The Labute approximate surface area is 210 Å². The molecule has 3 aliphatic rings. The van der Waals surface area contributed by atoms with E-state index in [1.807, 2.05) is 24.3 Å². The zero-order valence-corrected chi connectivity index (χ0v) is 21.0. The predicted molar refractivity (Wildman–Crippen MR) is 141 cm³/mol. The summed E-state index contributed by atoms with van der Waals surface area (Å²) in [6, 6.07) is 18.3. The summed E-state index contributed by atoms with van der Waals surface area (Å²) in [5.74, 6) is 0.937. The summed E-state index contributed by atoms with van der Waals surface area (Å²) in [5, 5.41) is 3.22. The lowest BCUT2D eigenvalue weighted by Crippen LogP contribution is -2.61. The van der Waals surface area contributed by atoms with Crippen molar-refractivity contribution in [1.82, 2.24) is 15.1 Å². The number of nitrogens with one attached hydrogen (secondary N) is 1. The summed E-state index contributed by atoms with van der Waals surface area (Å²) in [7, 11) is 1.73. The number of nitrogens with zero attached hydrogens (tertiary/aromatic N) is 2. The van der Waals surface area contributed by atoms with Gasteiger partial charge in [0.05, 0.1) is 13.2 Å². The number of likely N-dealkylation sites (tertiary alicyclic amines) is 1. The summed E-state index contributed by atoms with van der Waals surface area (Å²) >= 11 is 0. The predicted octanol–water partition coefficient (Wildman–Crippen LogP) is 5.18. The van der Waals surface area contributed by atoms with Crippen LogP contribution < -0.4 is 10.1 Å². The Balaban J connectivity index is 1.45. The molecule has 2 aromatic carbocycles. The fourth-order valence-corrected chi connectivity index (χ4v) is 6.48. The molecule has 5 nitrogen and oxygen atoms in total. The second-order valence-electron chi connectivity index (χ2n) is 10.4. The quantitative estimate of drug-likeness (QED) is 0.537. The van der Waals surface area contributed by atoms with Gasteiger partial charge in [-0.2, -0.15) is 0 Å². The second-order valence-corrected chi connectivity index (χ2v) is 10.4. The van der Waals surface area contributed by atoms with Crippen molar-refractivity contribution in [2.45, 2.75) is 69.1 Å². The smallest absolute Gasteiger partial charge is 0.251 e. The molecule has 3 fully saturated rings. The molecule has 35 heavy (non-hydrogen) atoms. The van der Waals surface area contributed by atoms with E-state index in [0.29, 0.717) is 18.1 Å². The topological polar surface area (TPSA) is 44.8 Å². The van der Waals surface area contributed by atoms with Crippen molar-refractivity contribution < 1.29 is 9.53 Å². The maximum Gasteiger partial charge on any atom is 0.251 e. The number of carbonyl (C=O) groups excluding carboxylic acids is 1. The normalized spacial score (nSPS) is 24.1. The molecule has 0 aromatic heterocycles. The molecule has 1 N–H and O–H groups in total. The maximum absolute atomic E-state index is 12.8. The minimum absolute atomic E-state index is 0.0521. The molecule has 5 heteroatoms. The third-order valence-electron chi connectivity index (χ3n) is 8.13. The third-order valence-corrected chi connectivity index (χ3v) is 8.13. The van der Waals surface area contributed by atoms with Crippen LogP contribution in [0.5, 0.6) is 5.75 Å². The summed E-state index contributed by atoms with van der Waals surface area (Å²) in [6.45, 7) is 7.07. The SMILES string of the molecule is C=CCN1CC2CCCC(C1)N2C(c1ccc(C(=O)NC2CCCC2)cc1)c1cccc(OC)c1. The van der Waals surface area contributed by atoms with Gasteiger partial charge in [0.25, 0.3) is 5.91 Å². The van der Waals surface area contributed by atoms with E-state index in [9.17, 15) is 4.79 Å². The number of piperazine rings is 1. The zero-order chi connectivity index (χ0) is 24.2. The first-order valence-corrected chi connectivity index (χ1v) is 13.3. The van der Waals surface area contributed by atoms with Crippen LogP contribution in [0, 0.1) is 0 Å². The van der Waals surface area contributed by atoms with E-state index in [1.54, 1.807) is 7.11 Å². The summed E-state index contributed by atoms with van der Waals surface area (Å²) in [5.41, 5.74) is 3.24. The second kappa shape index (κ2) is 11.0. The van der Waals surface area contributed by atoms with E-state index < -0.39 is 0 Å². The van der Waals surface area contributed by atoms with Crippen molar-refractivity contribution in [2.24, 2.45) is 0 Å². The van der Waals surface area contributed by atoms with Crippen LogP contribution in [0.3, 0.4) is 0 Å². The molecule has 0 radical (unpaired) electrons. The number of hydrogen-bond acceptors (Lipinski definition) is 4. The number of fused-ring (bicyclic) bond motifs is 2. The first-order chi connectivity index (χ1) is 17.2. The minimum atomic E-state index is 0.0521. The van der Waals surface area contributed by atoms with E-state index >= 15 is 0 Å². The standard InChI is InChI=1S/C30H39N3O2/c1-3-18-32-20-26-11-7-12-27(21-32)33(26)29(24-8-6-13-28(19-24)35-2)22-14-16-23(17-15-22)30(34)31-25-9-4-5-10-25/h3,6,8,13-17,19,25-27,29H,1,4-5,7,9-12,18,20-21H2,2H3,(H,31,34). The minimum Gasteiger partial charge on any atom is -0.497 e. The van der Waals surface area contributed by atoms with Crippen molar-refractivity contribution in [3.63, 3.8) is 0 Å². The van der Waals surface area contributed by atoms with Gasteiger partial charge in [0.1, 0.15) is 5.75 Å². The van der Waals surface area contributed by atoms with Crippen LogP contribution >= 0.6 is 0 Å². The molecule has 186 valence electrons. The lowest BCUT2D eigenvalue weighted by Gasteiger charge is -2.53. The average Bonchev–Trinajstić information content (AvgIpc) is 3.38. The molecule has 2 heterocycles. The largest absolute Gasteiger partial charge is 0.497 e. The van der Waals surface area contributed by atoms with Crippen molar-refractivity contribution >= 4 is 5.91 Å². The van der Waals surface area contributed by atoms with Gasteiger partial charge in [-0.15, -0.1) is 6.58 Å². The number of amides is 1. The number of piperidine rings is 1. The van der Waals surface area contributed by atoms with E-state index in [2.05, 4.69) is 52.0 Å². The highest BCUT2D eigenvalue weighted by molar-refractivity contribution is 5.94. The number of methoxy groups -OCH3 is 1. The Kier molecular flexibility index (Phi) is 7.54. The summed E-state index contributed by atoms with van der Waals surface area (Å²) < 4.78 is 5.59. The molecule has 1 aliphatic carbocycles. The van der Waals surface area contributed by atoms with E-state index in [-0.39, 0.29) is 11.9 Å². The van der Waals surface area contributed by atoms with Crippen LogP contribution in [0.1, 0.15) is 72.5 Å². The fraction of sp³-hybridized carbons (Fsp3) is 0.500. The van der Waals surface area contributed by atoms with Crippen molar-refractivity contribution in [3.05, 3.63) is 77.9 Å². The van der Waals surface area contributed by atoms with E-state index in [4.69, 9.17) is 4.74 Å². The van der Waals surface area contributed by atoms with E-state index in [0.717, 1.165) is 43.8 Å². The van der Waals surface area contributed by atoms with Gasteiger partial charge in [0.15, 0.2) is 0 Å². The van der Waals surface area contributed by atoms with Crippen LogP contribution in [0.2, 0.25) is 0 Å². The van der Waals surface area contributed by atoms with Gasteiger partial charge in [0, 0.05) is 43.3 Å². The first kappa shape index (κ1) is 24.1. The van der Waals surface area contributed by atoms with Gasteiger partial charge in [-0.25, -0.2) is 0 Å². The number of ether oxygens (including phenoxy) is 1. The van der Waals surface area contributed by atoms with Crippen LogP contribution in [0.25, 0.3) is 0 Å². The molecule has 5 rings (SSSR count). The highest BCUT2D eigenvalue weighted by Gasteiger charge is 2.41. The number of carbonyl (C=O) groups is 1. The monoisotopic (exact) mass is 473 g/mol. The summed E-state index contributed by atoms with van der Waals surface area (Å²) in [6.07, 6.45) is 10.4. The van der Waals surface area contributed by atoms with Crippen molar-refractivity contribution in [3.8, 4) is 5.75 Å². The van der Waals surface area contributed by atoms with Crippen LogP contribution in [0.15, 0.2) is 61.2 Å². The highest BCUT2D eigenvalue weighted by Crippen LogP contribution is 2.40. The number of benzene rings is 2. The molecular formula is C30H39N3O2. The third kappa shape index (κ3) is 5.31. The molecule has 3 atom stereocenters. The Morgan fingerprint density at radius 3 is 2.40 bits per heavy atom. The van der Waals surface area contributed by atoms with Gasteiger partial charge in [-0.3, -0.25) is 14.6 Å². The van der Waals surface area contributed by atoms with E-state index in [1.165, 1.54) is 43.2 Å². The van der Waals surface area contributed by atoms with Crippen molar-refractivity contribution in [2.75, 3.05) is 26.7 Å². The Morgan fingerprint density at radius 2 is 1.74 bits per heavy atom. The summed E-state index contributed by atoms with van der Waals surface area (Å²) in [4.78, 5) is 18.2. The Morgan fingerprint density at radius 1 is 1.03 bits per heavy atom. The van der Waals surface area contributed by atoms with Gasteiger partial charge in [-0.05, 0) is 61.1 Å². The molecule has 2 saturated heterocycles. The molecule has 3 unspecified atom stereocenters. The fourth-order valence-electron chi connectivity index (χ4n) is 6.48. The zero-order valence-electron chi connectivity index (χ0n) is 21.0. The van der Waals surface area contributed by atoms with Crippen LogP contribution in [-0.4, -0.2) is 60.6 Å². The Bertz CT molecular complexity index is 1000. The van der Waals surface area contributed by atoms with Crippen LogP contribution in [0.4, 0.5) is 0 Å². The lowest BCUT2D eigenvalue weighted by atomic mass is 9.85. The maximum atomic E-state index is 12.8. The van der Waals surface area contributed by atoms with Crippen molar-refractivity contribution in [1.29, 1.82) is 0 Å². The lowest BCUT2D eigenvalue weighted by molar-refractivity contribution is -0.0250. The van der Waals surface area contributed by atoms with Gasteiger partial charge in [0.2, 0.25) is 0 Å².